The van der Waals surface area contributed by atoms with Gasteiger partial charge in [-0.2, -0.15) is 0 Å². The van der Waals surface area contributed by atoms with Crippen molar-refractivity contribution in [1.29, 1.82) is 0 Å². The normalized spacial score (nSPS) is 21.4. The number of hydrogen-bond acceptors (Lipinski definition) is 2. The maximum atomic E-state index is 6.38. The van der Waals surface area contributed by atoms with Crippen LogP contribution in [0.5, 0.6) is 0 Å². The van der Waals surface area contributed by atoms with Crippen LogP contribution in [0, 0.1) is 11.8 Å². The topological polar surface area (TPSA) is 29.3 Å². The highest BCUT2D eigenvalue weighted by atomic mass is 15.2. The Morgan fingerprint density at radius 2 is 1.70 bits per heavy atom. The lowest BCUT2D eigenvalue weighted by Gasteiger charge is -2.37. The third-order valence-corrected chi connectivity index (χ3v) is 4.56. The molecule has 3 rings (SSSR count). The van der Waals surface area contributed by atoms with Gasteiger partial charge in [0.1, 0.15) is 0 Å². The zero-order valence-electron chi connectivity index (χ0n) is 13.5. The summed E-state index contributed by atoms with van der Waals surface area (Å²) in [6, 6.07) is 20.9. The van der Waals surface area contributed by atoms with Gasteiger partial charge in [-0.15, -0.1) is 0 Å². The molecule has 1 saturated heterocycles. The summed E-state index contributed by atoms with van der Waals surface area (Å²) >= 11 is 0. The molecular formula is C21H24N2. The highest BCUT2D eigenvalue weighted by Crippen LogP contribution is 2.29. The minimum absolute atomic E-state index is 0.146. The zero-order valence-corrected chi connectivity index (χ0v) is 13.5. The summed E-state index contributed by atoms with van der Waals surface area (Å²) in [7, 11) is 0. The molecule has 2 atom stereocenters. The average Bonchev–Trinajstić information content (AvgIpc) is 2.61. The maximum Gasteiger partial charge on any atom is 0.0577 e. The maximum absolute atomic E-state index is 6.38. The molecule has 1 aliphatic rings. The van der Waals surface area contributed by atoms with E-state index in [9.17, 15) is 0 Å². The fraction of sp³-hybridized carbons (Fsp3) is 0.333. The number of benzene rings is 2. The van der Waals surface area contributed by atoms with Crippen molar-refractivity contribution in [3.05, 3.63) is 71.8 Å². The molecule has 1 aliphatic heterocycles. The summed E-state index contributed by atoms with van der Waals surface area (Å²) in [6.07, 6.45) is 3.24. The monoisotopic (exact) mass is 304 g/mol. The molecule has 1 fully saturated rings. The second-order valence-corrected chi connectivity index (χ2v) is 6.15. The predicted octanol–water partition coefficient (Wildman–Crippen LogP) is 3.59. The van der Waals surface area contributed by atoms with Crippen molar-refractivity contribution >= 4 is 0 Å². The first-order valence-corrected chi connectivity index (χ1v) is 8.41. The van der Waals surface area contributed by atoms with Crippen molar-refractivity contribution in [3.8, 4) is 11.8 Å². The Morgan fingerprint density at radius 1 is 1.00 bits per heavy atom. The van der Waals surface area contributed by atoms with Gasteiger partial charge < -0.3 is 5.73 Å². The lowest BCUT2D eigenvalue weighted by atomic mass is 9.88. The fourth-order valence-corrected chi connectivity index (χ4v) is 3.24. The first kappa shape index (κ1) is 15.8. The SMILES string of the molecule is NC1CC(c2ccccc2)CCN1CCC#Cc1ccccc1. The molecule has 1 heterocycles. The molecule has 0 bridgehead atoms. The minimum atomic E-state index is 0.146. The summed E-state index contributed by atoms with van der Waals surface area (Å²) in [6.45, 7) is 2.02. The van der Waals surface area contributed by atoms with Crippen LogP contribution < -0.4 is 5.73 Å². The number of nitrogens with zero attached hydrogens (tertiary/aromatic N) is 1. The fourth-order valence-electron chi connectivity index (χ4n) is 3.24. The molecule has 0 aliphatic carbocycles. The lowest BCUT2D eigenvalue weighted by molar-refractivity contribution is 0.141. The summed E-state index contributed by atoms with van der Waals surface area (Å²) in [5.74, 6) is 7.08. The molecule has 2 unspecified atom stereocenters. The Hall–Kier alpha value is -2.08. The molecule has 0 saturated carbocycles. The predicted molar refractivity (Wildman–Crippen MR) is 95.9 cm³/mol. The summed E-state index contributed by atoms with van der Waals surface area (Å²) in [4.78, 5) is 2.37. The van der Waals surface area contributed by atoms with Gasteiger partial charge in [-0.05, 0) is 36.5 Å². The van der Waals surface area contributed by atoms with Gasteiger partial charge in [-0.3, -0.25) is 4.90 Å². The van der Waals surface area contributed by atoms with Gasteiger partial charge in [0.2, 0.25) is 0 Å². The van der Waals surface area contributed by atoms with Gasteiger partial charge in [0.15, 0.2) is 0 Å². The second-order valence-electron chi connectivity index (χ2n) is 6.15. The van der Waals surface area contributed by atoms with Gasteiger partial charge in [0.05, 0.1) is 6.17 Å². The molecule has 2 aromatic rings. The molecule has 0 radical (unpaired) electrons. The third kappa shape index (κ3) is 4.45. The van der Waals surface area contributed by atoms with E-state index in [1.807, 2.05) is 30.3 Å². The Morgan fingerprint density at radius 3 is 2.39 bits per heavy atom. The van der Waals surface area contributed by atoms with E-state index in [1.54, 1.807) is 0 Å². The molecule has 2 aromatic carbocycles. The van der Waals surface area contributed by atoms with Crippen LogP contribution in [0.15, 0.2) is 60.7 Å². The zero-order chi connectivity index (χ0) is 15.9. The average molecular weight is 304 g/mol. The van der Waals surface area contributed by atoms with Crippen molar-refractivity contribution in [2.75, 3.05) is 13.1 Å². The first-order valence-electron chi connectivity index (χ1n) is 8.41. The van der Waals surface area contributed by atoms with E-state index in [2.05, 4.69) is 47.1 Å². The molecule has 2 heteroatoms. The highest BCUT2D eigenvalue weighted by Gasteiger charge is 2.26. The van der Waals surface area contributed by atoms with Crippen LogP contribution >= 0.6 is 0 Å². The summed E-state index contributed by atoms with van der Waals surface area (Å²) < 4.78 is 0. The van der Waals surface area contributed by atoms with Crippen molar-refractivity contribution < 1.29 is 0 Å². The van der Waals surface area contributed by atoms with Crippen LogP contribution in [0.3, 0.4) is 0 Å². The standard InChI is InChI=1S/C21H24N2/c22-21-17-20(19-12-5-2-6-13-19)14-16-23(21)15-8-7-11-18-9-3-1-4-10-18/h1-6,9-10,12-13,20-21H,8,14-17,22H2. The summed E-state index contributed by atoms with van der Waals surface area (Å²) in [5.41, 5.74) is 8.88. The Kier molecular flexibility index (Phi) is 5.47. The van der Waals surface area contributed by atoms with E-state index < -0.39 is 0 Å². The van der Waals surface area contributed by atoms with E-state index in [0.717, 1.165) is 31.5 Å². The lowest BCUT2D eigenvalue weighted by Crippen LogP contribution is -2.47. The largest absolute Gasteiger partial charge is 0.316 e. The van der Waals surface area contributed by atoms with E-state index in [1.165, 1.54) is 12.0 Å². The van der Waals surface area contributed by atoms with Crippen LogP contribution in [0.4, 0.5) is 0 Å². The molecule has 0 spiro atoms. The third-order valence-electron chi connectivity index (χ3n) is 4.56. The van der Waals surface area contributed by atoms with E-state index in [4.69, 9.17) is 5.73 Å². The van der Waals surface area contributed by atoms with Crippen LogP contribution in [-0.4, -0.2) is 24.2 Å². The molecule has 118 valence electrons. The molecule has 0 aromatic heterocycles. The number of likely N-dealkylation sites (tertiary alicyclic amines) is 1. The number of nitrogens with two attached hydrogens (primary N) is 1. The van der Waals surface area contributed by atoms with Crippen LogP contribution in [0.1, 0.15) is 36.3 Å². The van der Waals surface area contributed by atoms with Crippen molar-refractivity contribution in [2.24, 2.45) is 5.73 Å². The van der Waals surface area contributed by atoms with Crippen molar-refractivity contribution in [3.63, 3.8) is 0 Å². The Balaban J connectivity index is 1.49. The van der Waals surface area contributed by atoms with Crippen LogP contribution in [0.2, 0.25) is 0 Å². The van der Waals surface area contributed by atoms with Crippen LogP contribution in [-0.2, 0) is 0 Å². The molecule has 2 nitrogen and oxygen atoms in total. The van der Waals surface area contributed by atoms with Gasteiger partial charge in [0.25, 0.3) is 0 Å². The minimum Gasteiger partial charge on any atom is -0.316 e. The quantitative estimate of drug-likeness (QED) is 0.878. The van der Waals surface area contributed by atoms with Crippen molar-refractivity contribution in [2.45, 2.75) is 31.3 Å². The molecule has 23 heavy (non-hydrogen) atoms. The number of hydrogen-bond donors (Lipinski definition) is 1. The van der Waals surface area contributed by atoms with Gasteiger partial charge in [0, 0.05) is 25.1 Å². The van der Waals surface area contributed by atoms with Gasteiger partial charge in [-0.1, -0.05) is 60.4 Å². The van der Waals surface area contributed by atoms with Crippen molar-refractivity contribution in [1.82, 2.24) is 4.90 Å². The second kappa shape index (κ2) is 7.97. The smallest absolute Gasteiger partial charge is 0.0577 e. The van der Waals surface area contributed by atoms with E-state index in [0.29, 0.717) is 5.92 Å². The van der Waals surface area contributed by atoms with E-state index in [-0.39, 0.29) is 6.17 Å². The number of piperidine rings is 1. The number of rotatable bonds is 3. The van der Waals surface area contributed by atoms with Crippen LogP contribution in [0.25, 0.3) is 0 Å². The molecule has 2 N–H and O–H groups in total. The summed E-state index contributed by atoms with van der Waals surface area (Å²) in [5, 5.41) is 0. The first-order chi connectivity index (χ1) is 11.3. The Bertz CT molecular complexity index is 654. The molecule has 0 amide bonds. The highest BCUT2D eigenvalue weighted by molar-refractivity contribution is 5.33. The van der Waals surface area contributed by atoms with Gasteiger partial charge in [-0.25, -0.2) is 0 Å². The molecular weight excluding hydrogens is 280 g/mol. The van der Waals surface area contributed by atoms with Gasteiger partial charge >= 0.3 is 0 Å². The van der Waals surface area contributed by atoms with E-state index >= 15 is 0 Å². The Labute approximate surface area is 139 Å².